The molecule has 5 heteroatoms. The Hall–Kier alpha value is -2.04. The zero-order valence-corrected chi connectivity index (χ0v) is 13.0. The Labute approximate surface area is 130 Å². The van der Waals surface area contributed by atoms with Crippen LogP contribution >= 0.6 is 0 Å². The second kappa shape index (κ2) is 7.29. The summed E-state index contributed by atoms with van der Waals surface area (Å²) in [6.45, 7) is 4.05. The third kappa shape index (κ3) is 4.23. The molecule has 5 nitrogen and oxygen atoms in total. The van der Waals surface area contributed by atoms with Gasteiger partial charge in [-0.1, -0.05) is 6.92 Å². The van der Waals surface area contributed by atoms with Crippen molar-refractivity contribution in [2.45, 2.75) is 51.7 Å². The predicted molar refractivity (Wildman–Crippen MR) is 83.1 cm³/mol. The number of hydrogen-bond acceptors (Lipinski definition) is 3. The molecule has 2 rings (SSSR count). The number of carboxylic acids is 1. The molecule has 0 bridgehead atoms. The average Bonchev–Trinajstić information content (AvgIpc) is 2.96. The van der Waals surface area contributed by atoms with Gasteiger partial charge >= 0.3 is 5.97 Å². The summed E-state index contributed by atoms with van der Waals surface area (Å²) in [6, 6.07) is 6.99. The minimum absolute atomic E-state index is 0.0513. The van der Waals surface area contributed by atoms with Crippen molar-refractivity contribution in [3.8, 4) is 5.75 Å². The molecule has 1 amide bonds. The molecule has 120 valence electrons. The van der Waals surface area contributed by atoms with Gasteiger partial charge in [0.2, 0.25) is 0 Å². The van der Waals surface area contributed by atoms with Gasteiger partial charge < -0.3 is 15.2 Å². The Morgan fingerprint density at radius 2 is 2.00 bits per heavy atom. The molecule has 0 saturated heterocycles. The van der Waals surface area contributed by atoms with Crippen LogP contribution in [0.25, 0.3) is 0 Å². The topological polar surface area (TPSA) is 75.6 Å². The van der Waals surface area contributed by atoms with E-state index in [0.29, 0.717) is 18.4 Å². The van der Waals surface area contributed by atoms with Gasteiger partial charge in [-0.15, -0.1) is 0 Å². The zero-order chi connectivity index (χ0) is 16.1. The van der Waals surface area contributed by atoms with E-state index in [1.807, 2.05) is 6.92 Å². The molecule has 0 heterocycles. The van der Waals surface area contributed by atoms with Gasteiger partial charge in [-0.25, -0.2) is 0 Å². The van der Waals surface area contributed by atoms with E-state index in [-0.39, 0.29) is 24.0 Å². The molecule has 2 N–H and O–H groups in total. The van der Waals surface area contributed by atoms with Crippen LogP contribution in [0.3, 0.4) is 0 Å². The molecular formula is C17H23NO4. The fourth-order valence-corrected chi connectivity index (χ4v) is 2.61. The highest BCUT2D eigenvalue weighted by atomic mass is 16.5. The average molecular weight is 305 g/mol. The zero-order valence-electron chi connectivity index (χ0n) is 13.0. The Bertz CT molecular complexity index is 526. The van der Waals surface area contributed by atoms with Crippen LogP contribution in [0, 0.1) is 5.92 Å². The summed E-state index contributed by atoms with van der Waals surface area (Å²) in [4.78, 5) is 23.1. The van der Waals surface area contributed by atoms with E-state index in [1.54, 1.807) is 24.3 Å². The number of ether oxygens (including phenoxy) is 1. The summed E-state index contributed by atoms with van der Waals surface area (Å²) < 4.78 is 5.68. The van der Waals surface area contributed by atoms with Crippen molar-refractivity contribution < 1.29 is 19.4 Å². The maximum absolute atomic E-state index is 12.2. The lowest BCUT2D eigenvalue weighted by molar-refractivity contribution is -0.141. The van der Waals surface area contributed by atoms with E-state index >= 15 is 0 Å². The third-order valence-electron chi connectivity index (χ3n) is 4.15. The van der Waals surface area contributed by atoms with Crippen LogP contribution in [0.1, 0.15) is 49.9 Å². The highest BCUT2D eigenvalue weighted by Crippen LogP contribution is 2.26. The number of nitrogens with one attached hydrogen (secondary N) is 1. The second-order valence-electron chi connectivity index (χ2n) is 5.88. The van der Waals surface area contributed by atoms with Gasteiger partial charge in [-0.3, -0.25) is 9.59 Å². The molecule has 1 aliphatic rings. The Balaban J connectivity index is 1.89. The Morgan fingerprint density at radius 1 is 1.32 bits per heavy atom. The molecular weight excluding hydrogens is 282 g/mol. The van der Waals surface area contributed by atoms with Crippen molar-refractivity contribution in [1.82, 2.24) is 5.32 Å². The largest absolute Gasteiger partial charge is 0.491 e. The van der Waals surface area contributed by atoms with Crippen molar-refractivity contribution in [2.24, 2.45) is 5.92 Å². The first kappa shape index (κ1) is 16.3. The Morgan fingerprint density at radius 3 is 2.55 bits per heavy atom. The summed E-state index contributed by atoms with van der Waals surface area (Å²) in [6.07, 6.45) is 2.93. The number of carbonyl (C=O) groups is 2. The van der Waals surface area contributed by atoms with Crippen molar-refractivity contribution in [1.29, 1.82) is 0 Å². The molecule has 0 aliphatic heterocycles. The summed E-state index contributed by atoms with van der Waals surface area (Å²) in [5.41, 5.74) is 0.565. The standard InChI is InChI=1S/C17H23NO4/c1-3-11(2)22-15-8-5-12(6-9-15)16(19)18-14-7-4-13(10-14)17(20)21/h5-6,8-9,11,13-14H,3-4,7,10H2,1-2H3,(H,18,19)(H,20,21)/t11?,13-,14+/m0/s1. The van der Waals surface area contributed by atoms with E-state index in [1.165, 1.54) is 0 Å². The molecule has 1 fully saturated rings. The smallest absolute Gasteiger partial charge is 0.306 e. The van der Waals surface area contributed by atoms with Gasteiger partial charge in [0, 0.05) is 11.6 Å². The van der Waals surface area contributed by atoms with Gasteiger partial charge in [0.1, 0.15) is 5.75 Å². The van der Waals surface area contributed by atoms with Crippen molar-refractivity contribution >= 4 is 11.9 Å². The molecule has 0 radical (unpaired) electrons. The van der Waals surface area contributed by atoms with Gasteiger partial charge in [0.05, 0.1) is 12.0 Å². The van der Waals surface area contributed by atoms with Gasteiger partial charge in [-0.2, -0.15) is 0 Å². The van der Waals surface area contributed by atoms with Crippen LogP contribution in [0.4, 0.5) is 0 Å². The molecule has 1 aromatic rings. The van der Waals surface area contributed by atoms with E-state index in [2.05, 4.69) is 12.2 Å². The number of rotatable bonds is 6. The SMILES string of the molecule is CCC(C)Oc1ccc(C(=O)N[C@@H]2CC[C@H](C(=O)O)C2)cc1. The number of benzene rings is 1. The van der Waals surface area contributed by atoms with Crippen LogP contribution in [0.2, 0.25) is 0 Å². The molecule has 1 aliphatic carbocycles. The summed E-state index contributed by atoms with van der Waals surface area (Å²) >= 11 is 0. The molecule has 1 unspecified atom stereocenters. The second-order valence-corrected chi connectivity index (χ2v) is 5.88. The Kier molecular flexibility index (Phi) is 5.41. The lowest BCUT2D eigenvalue weighted by Gasteiger charge is -2.14. The van der Waals surface area contributed by atoms with Crippen molar-refractivity contribution in [3.05, 3.63) is 29.8 Å². The molecule has 3 atom stereocenters. The number of amides is 1. The summed E-state index contributed by atoms with van der Waals surface area (Å²) in [7, 11) is 0. The van der Waals surface area contributed by atoms with E-state index < -0.39 is 5.97 Å². The molecule has 1 aromatic carbocycles. The van der Waals surface area contributed by atoms with Crippen LogP contribution in [-0.2, 0) is 4.79 Å². The highest BCUT2D eigenvalue weighted by Gasteiger charge is 2.30. The van der Waals surface area contributed by atoms with E-state index in [4.69, 9.17) is 9.84 Å². The molecule has 0 spiro atoms. The van der Waals surface area contributed by atoms with Crippen LogP contribution < -0.4 is 10.1 Å². The number of aliphatic carboxylic acids is 1. The summed E-state index contributed by atoms with van der Waals surface area (Å²) in [5, 5.41) is 11.9. The van der Waals surface area contributed by atoms with Gasteiger partial charge in [0.15, 0.2) is 0 Å². The quantitative estimate of drug-likeness (QED) is 0.847. The normalized spacial score (nSPS) is 22.1. The van der Waals surface area contributed by atoms with Gasteiger partial charge in [-0.05, 0) is 56.9 Å². The fourth-order valence-electron chi connectivity index (χ4n) is 2.61. The van der Waals surface area contributed by atoms with E-state index in [9.17, 15) is 9.59 Å². The minimum atomic E-state index is -0.775. The highest BCUT2D eigenvalue weighted by molar-refractivity contribution is 5.94. The number of carboxylic acid groups (broad SMARTS) is 1. The lowest BCUT2D eigenvalue weighted by Crippen LogP contribution is -2.33. The minimum Gasteiger partial charge on any atom is -0.491 e. The first-order valence-electron chi connectivity index (χ1n) is 7.80. The van der Waals surface area contributed by atoms with Crippen LogP contribution in [0.5, 0.6) is 5.75 Å². The fraction of sp³-hybridized carbons (Fsp3) is 0.529. The third-order valence-corrected chi connectivity index (χ3v) is 4.15. The van der Waals surface area contributed by atoms with Gasteiger partial charge in [0.25, 0.3) is 5.91 Å². The predicted octanol–water partition coefficient (Wildman–Crippen LogP) is 2.85. The first-order valence-corrected chi connectivity index (χ1v) is 7.80. The van der Waals surface area contributed by atoms with Crippen LogP contribution in [-0.4, -0.2) is 29.1 Å². The lowest BCUT2D eigenvalue weighted by atomic mass is 10.1. The van der Waals surface area contributed by atoms with Crippen molar-refractivity contribution in [3.63, 3.8) is 0 Å². The molecule has 0 aromatic heterocycles. The maximum Gasteiger partial charge on any atom is 0.306 e. The first-order chi connectivity index (χ1) is 10.5. The van der Waals surface area contributed by atoms with Crippen molar-refractivity contribution in [2.75, 3.05) is 0 Å². The summed E-state index contributed by atoms with van der Waals surface area (Å²) in [5.74, 6) is -0.524. The number of carbonyl (C=O) groups excluding carboxylic acids is 1. The number of hydrogen-bond donors (Lipinski definition) is 2. The monoisotopic (exact) mass is 305 g/mol. The molecule has 1 saturated carbocycles. The van der Waals surface area contributed by atoms with Crippen LogP contribution in [0.15, 0.2) is 24.3 Å². The molecule has 22 heavy (non-hydrogen) atoms. The van der Waals surface area contributed by atoms with E-state index in [0.717, 1.165) is 18.6 Å². The maximum atomic E-state index is 12.2.